The van der Waals surface area contributed by atoms with E-state index >= 15 is 0 Å². The Labute approximate surface area is 134 Å². The molecule has 0 atom stereocenters. The van der Waals surface area contributed by atoms with Crippen LogP contribution >= 0.6 is 22.3 Å². The number of carbonyl (C=O) groups excluding carboxylic acids is 1. The number of amides is 1. The van der Waals surface area contributed by atoms with E-state index < -0.39 is 20.6 Å². The minimum absolute atomic E-state index is 0.122. The number of nitrogens with one attached hydrogen (secondary N) is 1. The molecule has 1 aromatic rings. The number of hydrogen-bond donors (Lipinski definition) is 1. The second-order valence-corrected chi connectivity index (χ2v) is 8.11. The summed E-state index contributed by atoms with van der Waals surface area (Å²) >= 11 is 5.96. The van der Waals surface area contributed by atoms with Crippen molar-refractivity contribution >= 4 is 37.2 Å². The lowest BCUT2D eigenvalue weighted by atomic mass is 10.1. The van der Waals surface area contributed by atoms with Gasteiger partial charge >= 0.3 is 0 Å². The monoisotopic (exact) mass is 353 g/mol. The number of ether oxygens (including phenoxy) is 1. The topological polar surface area (TPSA) is 72.5 Å². The van der Waals surface area contributed by atoms with Crippen LogP contribution in [0.15, 0.2) is 17.0 Å². The Kier molecular flexibility index (Phi) is 5.66. The standard InChI is InChI=1S/C13H17Cl2NO4S/c1-8-10(14)5-9(6-11(8)21(15,18)19)12(17)16-7-13(2,3)20-4/h5-6H,7H2,1-4H3,(H,16,17). The maximum Gasteiger partial charge on any atom is 0.261 e. The third kappa shape index (κ3) is 4.85. The smallest absolute Gasteiger partial charge is 0.261 e. The molecule has 0 unspecified atom stereocenters. The SMILES string of the molecule is COC(C)(C)CNC(=O)c1cc(Cl)c(C)c(S(=O)(=O)Cl)c1. The van der Waals surface area contributed by atoms with Crippen LogP contribution in [0.1, 0.15) is 29.8 Å². The number of benzene rings is 1. The predicted molar refractivity (Wildman–Crippen MR) is 82.6 cm³/mol. The van der Waals surface area contributed by atoms with Crippen molar-refractivity contribution in [2.75, 3.05) is 13.7 Å². The molecular formula is C13H17Cl2NO4S. The Bertz CT molecular complexity index is 656. The molecule has 0 spiro atoms. The zero-order valence-electron chi connectivity index (χ0n) is 12.2. The summed E-state index contributed by atoms with van der Waals surface area (Å²) in [5.74, 6) is -0.455. The van der Waals surface area contributed by atoms with Gasteiger partial charge in [0.25, 0.3) is 15.0 Å². The fraction of sp³-hybridized carbons (Fsp3) is 0.462. The van der Waals surface area contributed by atoms with Crippen LogP contribution in [-0.2, 0) is 13.8 Å². The van der Waals surface area contributed by atoms with Gasteiger partial charge in [-0.15, -0.1) is 0 Å². The molecule has 1 amide bonds. The molecule has 1 aromatic carbocycles. The van der Waals surface area contributed by atoms with E-state index in [4.69, 9.17) is 27.0 Å². The van der Waals surface area contributed by atoms with Crippen molar-refractivity contribution in [1.29, 1.82) is 0 Å². The van der Waals surface area contributed by atoms with Crippen molar-refractivity contribution in [3.63, 3.8) is 0 Å². The number of rotatable bonds is 5. The summed E-state index contributed by atoms with van der Waals surface area (Å²) in [4.78, 5) is 11.9. The first-order valence-corrected chi connectivity index (χ1v) is 8.75. The van der Waals surface area contributed by atoms with E-state index in [0.717, 1.165) is 0 Å². The van der Waals surface area contributed by atoms with Crippen molar-refractivity contribution in [2.24, 2.45) is 0 Å². The molecule has 0 heterocycles. The molecule has 8 heteroatoms. The van der Waals surface area contributed by atoms with Crippen LogP contribution in [0.5, 0.6) is 0 Å². The summed E-state index contributed by atoms with van der Waals surface area (Å²) in [5.41, 5.74) is -0.108. The number of carbonyl (C=O) groups is 1. The van der Waals surface area contributed by atoms with Gasteiger partial charge in [0.1, 0.15) is 0 Å². The van der Waals surface area contributed by atoms with Crippen molar-refractivity contribution in [2.45, 2.75) is 31.3 Å². The third-order valence-electron chi connectivity index (χ3n) is 3.05. The van der Waals surface area contributed by atoms with Crippen LogP contribution in [0.4, 0.5) is 0 Å². The van der Waals surface area contributed by atoms with E-state index in [-0.39, 0.29) is 22.0 Å². The second kappa shape index (κ2) is 6.52. The quantitative estimate of drug-likeness (QED) is 0.826. The summed E-state index contributed by atoms with van der Waals surface area (Å²) in [6.45, 7) is 5.40. The highest BCUT2D eigenvalue weighted by atomic mass is 35.7. The van der Waals surface area contributed by atoms with Crippen LogP contribution < -0.4 is 5.32 Å². The molecule has 0 saturated carbocycles. The van der Waals surface area contributed by atoms with Crippen LogP contribution in [0.3, 0.4) is 0 Å². The highest BCUT2D eigenvalue weighted by molar-refractivity contribution is 8.13. The molecule has 0 aliphatic heterocycles. The van der Waals surface area contributed by atoms with E-state index in [1.54, 1.807) is 0 Å². The normalized spacial score (nSPS) is 12.3. The highest BCUT2D eigenvalue weighted by Crippen LogP contribution is 2.27. The first-order chi connectivity index (χ1) is 9.48. The van der Waals surface area contributed by atoms with E-state index in [9.17, 15) is 13.2 Å². The predicted octanol–water partition coefficient (Wildman–Crippen LogP) is 2.73. The molecule has 0 aromatic heterocycles. The molecule has 0 aliphatic rings. The average Bonchev–Trinajstić information content (AvgIpc) is 2.37. The third-order valence-corrected chi connectivity index (χ3v) is 4.89. The van der Waals surface area contributed by atoms with E-state index in [1.807, 2.05) is 13.8 Å². The lowest BCUT2D eigenvalue weighted by Crippen LogP contribution is -2.39. The fourth-order valence-electron chi connectivity index (χ4n) is 1.51. The Balaban J connectivity index is 3.10. The molecular weight excluding hydrogens is 337 g/mol. The summed E-state index contributed by atoms with van der Waals surface area (Å²) < 4.78 is 28.2. The molecule has 5 nitrogen and oxygen atoms in total. The molecule has 1 rings (SSSR count). The Hall–Kier alpha value is -0.820. The van der Waals surface area contributed by atoms with Crippen molar-refractivity contribution < 1.29 is 17.9 Å². The van der Waals surface area contributed by atoms with E-state index in [2.05, 4.69) is 5.32 Å². The number of methoxy groups -OCH3 is 1. The molecule has 0 aliphatic carbocycles. The van der Waals surface area contributed by atoms with E-state index in [0.29, 0.717) is 5.56 Å². The minimum Gasteiger partial charge on any atom is -0.377 e. The molecule has 0 fully saturated rings. The molecule has 0 radical (unpaired) electrons. The second-order valence-electron chi connectivity index (χ2n) is 5.17. The Morgan fingerprint density at radius 2 is 1.95 bits per heavy atom. The zero-order valence-corrected chi connectivity index (χ0v) is 14.5. The average molecular weight is 354 g/mol. The zero-order chi connectivity index (χ0) is 16.4. The number of halogens is 2. The molecule has 0 saturated heterocycles. The van der Waals surface area contributed by atoms with Gasteiger partial charge in [0.2, 0.25) is 0 Å². The Morgan fingerprint density at radius 1 is 1.38 bits per heavy atom. The van der Waals surface area contributed by atoms with Gasteiger partial charge in [-0.1, -0.05) is 11.6 Å². The summed E-state index contributed by atoms with van der Waals surface area (Å²) in [6, 6.07) is 2.61. The van der Waals surface area contributed by atoms with Gasteiger partial charge in [0.05, 0.1) is 10.5 Å². The Morgan fingerprint density at radius 3 is 2.43 bits per heavy atom. The van der Waals surface area contributed by atoms with Gasteiger partial charge in [-0.25, -0.2) is 8.42 Å². The van der Waals surface area contributed by atoms with Gasteiger partial charge < -0.3 is 10.1 Å². The van der Waals surface area contributed by atoms with Crippen LogP contribution in [-0.4, -0.2) is 33.6 Å². The van der Waals surface area contributed by atoms with Crippen molar-refractivity contribution in [1.82, 2.24) is 5.32 Å². The van der Waals surface area contributed by atoms with Crippen molar-refractivity contribution in [3.05, 3.63) is 28.3 Å². The largest absolute Gasteiger partial charge is 0.377 e. The van der Waals surface area contributed by atoms with Gasteiger partial charge in [-0.05, 0) is 38.5 Å². The highest BCUT2D eigenvalue weighted by Gasteiger charge is 2.21. The lowest BCUT2D eigenvalue weighted by molar-refractivity contribution is 0.0228. The first kappa shape index (κ1) is 18.2. The fourth-order valence-corrected chi connectivity index (χ4v) is 3.00. The van der Waals surface area contributed by atoms with E-state index in [1.165, 1.54) is 26.2 Å². The molecule has 21 heavy (non-hydrogen) atoms. The lowest BCUT2D eigenvalue weighted by Gasteiger charge is -2.23. The van der Waals surface area contributed by atoms with Gasteiger partial charge in [-0.2, -0.15) is 0 Å². The number of hydrogen-bond acceptors (Lipinski definition) is 4. The van der Waals surface area contributed by atoms with Crippen LogP contribution in [0.25, 0.3) is 0 Å². The van der Waals surface area contributed by atoms with Gasteiger partial charge in [0, 0.05) is 34.9 Å². The molecule has 1 N–H and O–H groups in total. The summed E-state index contributed by atoms with van der Waals surface area (Å²) in [5, 5.41) is 2.82. The van der Waals surface area contributed by atoms with Crippen molar-refractivity contribution in [3.8, 4) is 0 Å². The minimum atomic E-state index is -3.98. The first-order valence-electron chi connectivity index (χ1n) is 6.06. The van der Waals surface area contributed by atoms with Gasteiger partial charge in [-0.3, -0.25) is 4.79 Å². The summed E-state index contributed by atoms with van der Waals surface area (Å²) in [6.07, 6.45) is 0. The van der Waals surface area contributed by atoms with Crippen LogP contribution in [0, 0.1) is 6.92 Å². The van der Waals surface area contributed by atoms with Gasteiger partial charge in [0.15, 0.2) is 0 Å². The molecule has 0 bridgehead atoms. The van der Waals surface area contributed by atoms with Crippen LogP contribution in [0.2, 0.25) is 5.02 Å². The summed E-state index contributed by atoms with van der Waals surface area (Å²) in [7, 11) is 2.90. The maximum atomic E-state index is 12.1. The molecule has 118 valence electrons. The maximum absolute atomic E-state index is 12.1.